The molecule has 2 aromatic rings. The first kappa shape index (κ1) is 20.4. The summed E-state index contributed by atoms with van der Waals surface area (Å²) in [7, 11) is 0. The molecule has 3 aliphatic rings. The summed E-state index contributed by atoms with van der Waals surface area (Å²) in [6, 6.07) is 17.3. The molecule has 2 aromatic carbocycles. The van der Waals surface area contributed by atoms with E-state index in [9.17, 15) is 4.79 Å². The molecule has 1 saturated carbocycles. The lowest BCUT2D eigenvalue weighted by molar-refractivity contribution is -0.125. The minimum Gasteiger partial charge on any atom is -0.493 e. The molecule has 5 nitrogen and oxygen atoms in total. The molecule has 164 valence electrons. The van der Waals surface area contributed by atoms with Crippen LogP contribution in [-0.4, -0.2) is 38.8 Å². The number of benzene rings is 2. The highest BCUT2D eigenvalue weighted by molar-refractivity contribution is 5.79. The van der Waals surface area contributed by atoms with E-state index in [1.54, 1.807) is 0 Å². The summed E-state index contributed by atoms with van der Waals surface area (Å²) in [6.45, 7) is 6.22. The van der Waals surface area contributed by atoms with Gasteiger partial charge in [0, 0.05) is 31.3 Å². The number of carbonyl (C=O) groups excluding carboxylic acids is 1. The first-order valence-corrected chi connectivity index (χ1v) is 11.6. The number of carbonyl (C=O) groups is 1. The third-order valence-electron chi connectivity index (χ3n) is 6.83. The molecule has 2 unspecified atom stereocenters. The average molecular weight is 421 g/mol. The van der Waals surface area contributed by atoms with E-state index in [0.29, 0.717) is 19.1 Å². The standard InChI is InChI=1S/C26H32N2O3/c1-18(27-26(29)22-12-13-30-17-22)20-4-6-21(7-5-20)23-14-28(15-23)24-8-10-25(11-9-24)31-16-19-2-3-19/h4-11,18-19,22-23H,2-3,12-17H2,1H3,(H,27,29). The van der Waals surface area contributed by atoms with Crippen LogP contribution in [-0.2, 0) is 9.53 Å². The fourth-order valence-electron chi connectivity index (χ4n) is 4.36. The molecule has 31 heavy (non-hydrogen) atoms. The van der Waals surface area contributed by atoms with Crippen LogP contribution in [0.25, 0.3) is 0 Å². The van der Waals surface area contributed by atoms with Gasteiger partial charge in [0.25, 0.3) is 0 Å². The second-order valence-corrected chi connectivity index (χ2v) is 9.31. The van der Waals surface area contributed by atoms with Crippen LogP contribution in [0.4, 0.5) is 5.69 Å². The molecule has 2 atom stereocenters. The van der Waals surface area contributed by atoms with E-state index in [1.807, 2.05) is 6.92 Å². The Labute approximate surface area is 184 Å². The lowest BCUT2D eigenvalue weighted by Gasteiger charge is -2.41. The lowest BCUT2D eigenvalue weighted by atomic mass is 9.90. The molecule has 2 saturated heterocycles. The third kappa shape index (κ3) is 4.87. The summed E-state index contributed by atoms with van der Waals surface area (Å²) in [6.07, 6.45) is 3.46. The van der Waals surface area contributed by atoms with E-state index in [0.717, 1.165) is 43.3 Å². The van der Waals surface area contributed by atoms with Gasteiger partial charge >= 0.3 is 0 Å². The van der Waals surface area contributed by atoms with Gasteiger partial charge in [-0.1, -0.05) is 24.3 Å². The van der Waals surface area contributed by atoms with Crippen LogP contribution in [0.3, 0.4) is 0 Å². The zero-order valence-corrected chi connectivity index (χ0v) is 18.3. The number of hydrogen-bond acceptors (Lipinski definition) is 4. The van der Waals surface area contributed by atoms with Gasteiger partial charge < -0.3 is 19.7 Å². The number of nitrogens with one attached hydrogen (secondary N) is 1. The molecular formula is C26H32N2O3. The zero-order valence-electron chi connectivity index (χ0n) is 18.3. The Morgan fingerprint density at radius 2 is 1.84 bits per heavy atom. The summed E-state index contributed by atoms with van der Waals surface area (Å²) >= 11 is 0. The molecule has 5 heteroatoms. The Morgan fingerprint density at radius 3 is 2.48 bits per heavy atom. The van der Waals surface area contributed by atoms with E-state index < -0.39 is 0 Å². The zero-order chi connectivity index (χ0) is 21.2. The van der Waals surface area contributed by atoms with E-state index in [-0.39, 0.29) is 17.9 Å². The second-order valence-electron chi connectivity index (χ2n) is 9.31. The monoisotopic (exact) mass is 420 g/mol. The Hall–Kier alpha value is -2.53. The van der Waals surface area contributed by atoms with Gasteiger partial charge in [0.15, 0.2) is 0 Å². The smallest absolute Gasteiger partial charge is 0.225 e. The molecule has 1 aliphatic carbocycles. The van der Waals surface area contributed by atoms with Crippen LogP contribution in [0.1, 0.15) is 49.3 Å². The van der Waals surface area contributed by atoms with Crippen molar-refractivity contribution in [3.63, 3.8) is 0 Å². The van der Waals surface area contributed by atoms with Crippen LogP contribution < -0.4 is 15.0 Å². The summed E-state index contributed by atoms with van der Waals surface area (Å²) in [4.78, 5) is 14.7. The van der Waals surface area contributed by atoms with Crippen molar-refractivity contribution in [3.8, 4) is 5.75 Å². The molecular weight excluding hydrogens is 388 g/mol. The van der Waals surface area contributed by atoms with E-state index in [2.05, 4.69) is 58.7 Å². The Bertz CT molecular complexity index is 880. The number of hydrogen-bond donors (Lipinski definition) is 1. The highest BCUT2D eigenvalue weighted by Crippen LogP contribution is 2.34. The van der Waals surface area contributed by atoms with Crippen LogP contribution in [0.5, 0.6) is 5.75 Å². The van der Waals surface area contributed by atoms with Crippen molar-refractivity contribution in [1.29, 1.82) is 0 Å². The fourth-order valence-corrected chi connectivity index (χ4v) is 4.36. The maximum atomic E-state index is 12.3. The van der Waals surface area contributed by atoms with Gasteiger partial charge in [-0.15, -0.1) is 0 Å². The maximum absolute atomic E-state index is 12.3. The predicted molar refractivity (Wildman–Crippen MR) is 122 cm³/mol. The van der Waals surface area contributed by atoms with Crippen molar-refractivity contribution in [1.82, 2.24) is 5.32 Å². The fraction of sp³-hybridized carbons (Fsp3) is 0.500. The molecule has 1 N–H and O–H groups in total. The Morgan fingerprint density at radius 1 is 1.10 bits per heavy atom. The molecule has 0 aromatic heterocycles. The van der Waals surface area contributed by atoms with Crippen molar-refractivity contribution in [2.45, 2.75) is 38.1 Å². The van der Waals surface area contributed by atoms with E-state index in [4.69, 9.17) is 9.47 Å². The van der Waals surface area contributed by atoms with Gasteiger partial charge in [-0.3, -0.25) is 4.79 Å². The van der Waals surface area contributed by atoms with Crippen LogP contribution in [0.2, 0.25) is 0 Å². The Balaban J connectivity index is 1.10. The number of anilines is 1. The first-order valence-electron chi connectivity index (χ1n) is 11.6. The summed E-state index contributed by atoms with van der Waals surface area (Å²) in [5.41, 5.74) is 3.78. The van der Waals surface area contributed by atoms with Crippen molar-refractivity contribution >= 4 is 11.6 Å². The third-order valence-corrected chi connectivity index (χ3v) is 6.83. The van der Waals surface area contributed by atoms with Crippen LogP contribution >= 0.6 is 0 Å². The minimum atomic E-state index is 0.00140. The average Bonchev–Trinajstić information content (AvgIpc) is 3.42. The van der Waals surface area contributed by atoms with Crippen molar-refractivity contribution in [2.24, 2.45) is 11.8 Å². The first-order chi connectivity index (χ1) is 15.2. The van der Waals surface area contributed by atoms with Gasteiger partial charge in [-0.05, 0) is 67.5 Å². The molecule has 3 fully saturated rings. The maximum Gasteiger partial charge on any atom is 0.225 e. The summed E-state index contributed by atoms with van der Waals surface area (Å²) in [5.74, 6) is 2.42. The molecule has 5 rings (SSSR count). The largest absolute Gasteiger partial charge is 0.493 e. The van der Waals surface area contributed by atoms with Gasteiger partial charge in [0.1, 0.15) is 5.75 Å². The van der Waals surface area contributed by atoms with Gasteiger partial charge in [-0.2, -0.15) is 0 Å². The van der Waals surface area contributed by atoms with Gasteiger partial charge in [0.05, 0.1) is 25.2 Å². The highest BCUT2D eigenvalue weighted by Gasteiger charge is 2.29. The lowest BCUT2D eigenvalue weighted by Crippen LogP contribution is -2.45. The molecule has 0 spiro atoms. The van der Waals surface area contributed by atoms with E-state index >= 15 is 0 Å². The SMILES string of the molecule is CC(NC(=O)C1CCOC1)c1ccc(C2CN(c3ccc(OCC4CC4)cc3)C2)cc1. The molecule has 0 radical (unpaired) electrons. The number of rotatable bonds is 8. The number of nitrogens with zero attached hydrogens (tertiary/aromatic N) is 1. The van der Waals surface area contributed by atoms with Crippen molar-refractivity contribution in [2.75, 3.05) is 37.8 Å². The molecule has 1 amide bonds. The second kappa shape index (κ2) is 8.91. The van der Waals surface area contributed by atoms with Crippen LogP contribution in [0.15, 0.2) is 48.5 Å². The van der Waals surface area contributed by atoms with Gasteiger partial charge in [-0.25, -0.2) is 0 Å². The topological polar surface area (TPSA) is 50.8 Å². The number of amides is 1. The van der Waals surface area contributed by atoms with E-state index in [1.165, 1.54) is 24.1 Å². The summed E-state index contributed by atoms with van der Waals surface area (Å²) < 4.78 is 11.2. The Kier molecular flexibility index (Phi) is 5.86. The number of ether oxygens (including phenoxy) is 2. The summed E-state index contributed by atoms with van der Waals surface area (Å²) in [5, 5.41) is 3.13. The molecule has 0 bridgehead atoms. The highest BCUT2D eigenvalue weighted by atomic mass is 16.5. The predicted octanol–water partition coefficient (Wildman–Crippen LogP) is 4.29. The van der Waals surface area contributed by atoms with Crippen molar-refractivity contribution in [3.05, 3.63) is 59.7 Å². The quantitative estimate of drug-likeness (QED) is 0.692. The normalized spacial score (nSPS) is 22.1. The van der Waals surface area contributed by atoms with Crippen LogP contribution in [0, 0.1) is 11.8 Å². The van der Waals surface area contributed by atoms with Gasteiger partial charge in [0.2, 0.25) is 5.91 Å². The molecule has 2 aliphatic heterocycles. The van der Waals surface area contributed by atoms with Crippen molar-refractivity contribution < 1.29 is 14.3 Å². The molecule has 2 heterocycles. The minimum absolute atomic E-state index is 0.00140.